The van der Waals surface area contributed by atoms with Gasteiger partial charge in [-0.05, 0) is 44.5 Å². The predicted octanol–water partition coefficient (Wildman–Crippen LogP) is 4.44. The van der Waals surface area contributed by atoms with Crippen molar-refractivity contribution >= 4 is 29.4 Å². The van der Waals surface area contributed by atoms with Gasteiger partial charge in [0, 0.05) is 16.1 Å². The minimum Gasteiger partial charge on any atom is -0.481 e. The lowest BCUT2D eigenvalue weighted by molar-refractivity contribution is -0.138. The third-order valence-electron chi connectivity index (χ3n) is 2.94. The second-order valence-electron chi connectivity index (χ2n) is 6.77. The molecule has 0 aromatic heterocycles. The molecule has 0 atom stereocenters. The van der Waals surface area contributed by atoms with Gasteiger partial charge in [0.25, 0.3) is 0 Å². The highest BCUT2D eigenvalue weighted by atomic mass is 35.5. The molecule has 1 amide bonds. The van der Waals surface area contributed by atoms with Crippen molar-refractivity contribution in [1.29, 1.82) is 0 Å². The van der Waals surface area contributed by atoms with Crippen molar-refractivity contribution in [2.45, 2.75) is 52.1 Å². The van der Waals surface area contributed by atoms with Gasteiger partial charge in [0.05, 0.1) is 6.42 Å². The van der Waals surface area contributed by atoms with Gasteiger partial charge in [-0.1, -0.05) is 25.4 Å². The fraction of sp³-hybridized carbons (Fsp3) is 0.500. The first-order valence-corrected chi connectivity index (χ1v) is 7.30. The van der Waals surface area contributed by atoms with Gasteiger partial charge in [-0.25, -0.2) is 4.79 Å². The van der Waals surface area contributed by atoms with Gasteiger partial charge in [0.1, 0.15) is 5.60 Å². The molecule has 0 aliphatic heterocycles. The van der Waals surface area contributed by atoms with Gasteiger partial charge in [-0.3, -0.25) is 10.1 Å². The van der Waals surface area contributed by atoms with E-state index in [1.807, 2.05) is 0 Å². The maximum atomic E-state index is 11.9. The largest absolute Gasteiger partial charge is 0.481 e. The molecule has 22 heavy (non-hydrogen) atoms. The number of anilines is 1. The summed E-state index contributed by atoms with van der Waals surface area (Å²) in [5, 5.41) is 12.2. The Bertz CT molecular complexity index is 576. The summed E-state index contributed by atoms with van der Waals surface area (Å²) in [6.45, 7) is 8.87. The molecule has 0 spiro atoms. The summed E-state index contributed by atoms with van der Waals surface area (Å²) in [4.78, 5) is 23.0. The summed E-state index contributed by atoms with van der Waals surface area (Å²) in [6, 6.07) is 4.94. The van der Waals surface area contributed by atoms with Crippen LogP contribution in [0.4, 0.5) is 10.5 Å². The van der Waals surface area contributed by atoms with Crippen molar-refractivity contribution < 1.29 is 19.4 Å². The van der Waals surface area contributed by atoms with Crippen LogP contribution in [0, 0.1) is 0 Å². The van der Waals surface area contributed by atoms with Crippen molar-refractivity contribution in [2.75, 3.05) is 5.32 Å². The van der Waals surface area contributed by atoms with Crippen LogP contribution >= 0.6 is 11.6 Å². The number of carboxylic acids is 1. The Labute approximate surface area is 135 Å². The molecule has 0 saturated carbocycles. The Morgan fingerprint density at radius 1 is 1.23 bits per heavy atom. The number of carboxylic acid groups (broad SMARTS) is 1. The van der Waals surface area contributed by atoms with Gasteiger partial charge in [0.2, 0.25) is 0 Å². The molecule has 6 heteroatoms. The zero-order valence-corrected chi connectivity index (χ0v) is 14.2. The van der Waals surface area contributed by atoms with Crippen molar-refractivity contribution in [3.05, 3.63) is 28.8 Å². The highest BCUT2D eigenvalue weighted by Gasteiger charge is 2.28. The predicted molar refractivity (Wildman–Crippen MR) is 86.6 cm³/mol. The Morgan fingerprint density at radius 3 is 2.32 bits per heavy atom. The average molecular weight is 328 g/mol. The summed E-state index contributed by atoms with van der Waals surface area (Å²) >= 11 is 6.01. The lowest BCUT2D eigenvalue weighted by atomic mass is 9.80. The average Bonchev–Trinajstić information content (AvgIpc) is 2.27. The van der Waals surface area contributed by atoms with Crippen LogP contribution in [0.3, 0.4) is 0 Å². The highest BCUT2D eigenvalue weighted by molar-refractivity contribution is 6.30. The summed E-state index contributed by atoms with van der Waals surface area (Å²) < 4.78 is 5.22. The molecule has 122 valence electrons. The van der Waals surface area contributed by atoms with Crippen LogP contribution in [0.15, 0.2) is 18.2 Å². The first-order valence-electron chi connectivity index (χ1n) is 6.92. The van der Waals surface area contributed by atoms with E-state index in [0.717, 1.165) is 0 Å². The summed E-state index contributed by atoms with van der Waals surface area (Å²) in [7, 11) is 0. The molecule has 0 fully saturated rings. The molecule has 0 saturated heterocycles. The third kappa shape index (κ3) is 5.56. The number of carbonyl (C=O) groups excluding carboxylic acids is 1. The third-order valence-corrected chi connectivity index (χ3v) is 3.17. The molecule has 0 heterocycles. The zero-order valence-electron chi connectivity index (χ0n) is 13.5. The second-order valence-corrected chi connectivity index (χ2v) is 7.21. The van der Waals surface area contributed by atoms with Gasteiger partial charge in [-0.15, -0.1) is 0 Å². The second kappa shape index (κ2) is 6.57. The van der Waals surface area contributed by atoms with E-state index < -0.39 is 23.1 Å². The number of hydrogen-bond acceptors (Lipinski definition) is 3. The van der Waals surface area contributed by atoms with Crippen molar-refractivity contribution in [2.24, 2.45) is 0 Å². The van der Waals surface area contributed by atoms with E-state index in [0.29, 0.717) is 16.3 Å². The van der Waals surface area contributed by atoms with Crippen molar-refractivity contribution in [1.82, 2.24) is 0 Å². The summed E-state index contributed by atoms with van der Waals surface area (Å²) in [6.07, 6.45) is -0.682. The molecule has 0 unspecified atom stereocenters. The van der Waals surface area contributed by atoms with E-state index in [4.69, 9.17) is 21.4 Å². The highest BCUT2D eigenvalue weighted by Crippen LogP contribution is 2.35. The summed E-state index contributed by atoms with van der Waals surface area (Å²) in [5.74, 6) is -0.923. The van der Waals surface area contributed by atoms with Gasteiger partial charge in [0.15, 0.2) is 0 Å². The quantitative estimate of drug-likeness (QED) is 0.857. The number of hydrogen-bond donors (Lipinski definition) is 2. The SMILES string of the molecule is CC(C)(C)OC(=O)Nc1ccc(Cl)cc1C(C)(C)CC(=O)O. The Hall–Kier alpha value is -1.75. The Kier molecular flexibility index (Phi) is 5.46. The van der Waals surface area contributed by atoms with Crippen molar-refractivity contribution in [3.63, 3.8) is 0 Å². The molecule has 1 rings (SSSR count). The molecule has 0 radical (unpaired) electrons. The van der Waals surface area contributed by atoms with Gasteiger partial charge >= 0.3 is 12.1 Å². The van der Waals surface area contributed by atoms with Crippen molar-refractivity contribution in [3.8, 4) is 0 Å². The summed E-state index contributed by atoms with van der Waals surface area (Å²) in [5.41, 5.74) is -0.174. The number of benzene rings is 1. The number of carbonyl (C=O) groups is 2. The van der Waals surface area contributed by atoms with Crippen LogP contribution in [-0.2, 0) is 14.9 Å². The van der Waals surface area contributed by atoms with Gasteiger partial charge in [-0.2, -0.15) is 0 Å². The van der Waals surface area contributed by atoms with Crippen LogP contribution in [0.2, 0.25) is 5.02 Å². The van der Waals surface area contributed by atoms with E-state index >= 15 is 0 Å². The molecule has 1 aromatic rings. The molecule has 0 aliphatic rings. The standard InChI is InChI=1S/C16H22ClNO4/c1-15(2,3)22-14(21)18-12-7-6-10(17)8-11(12)16(4,5)9-13(19)20/h6-8H,9H2,1-5H3,(H,18,21)(H,19,20). The zero-order chi connectivity index (χ0) is 17.1. The Morgan fingerprint density at radius 2 is 1.82 bits per heavy atom. The lowest BCUT2D eigenvalue weighted by Gasteiger charge is -2.27. The molecule has 0 aliphatic carbocycles. The van der Waals surface area contributed by atoms with Crippen LogP contribution in [-0.4, -0.2) is 22.8 Å². The van der Waals surface area contributed by atoms with Crippen LogP contribution in [0.5, 0.6) is 0 Å². The number of rotatable bonds is 4. The van der Waals surface area contributed by atoms with Crippen LogP contribution < -0.4 is 5.32 Å². The molecule has 2 N–H and O–H groups in total. The minimum absolute atomic E-state index is 0.0870. The maximum absolute atomic E-state index is 11.9. The van der Waals surface area contributed by atoms with E-state index in [9.17, 15) is 9.59 Å². The monoisotopic (exact) mass is 327 g/mol. The smallest absolute Gasteiger partial charge is 0.412 e. The van der Waals surface area contributed by atoms with Crippen LogP contribution in [0.25, 0.3) is 0 Å². The minimum atomic E-state index is -0.923. The molecular formula is C16H22ClNO4. The normalized spacial score (nSPS) is 11.9. The van der Waals surface area contributed by atoms with Gasteiger partial charge < -0.3 is 9.84 Å². The maximum Gasteiger partial charge on any atom is 0.412 e. The molecule has 1 aromatic carbocycles. The number of aliphatic carboxylic acids is 1. The fourth-order valence-corrected chi connectivity index (χ4v) is 2.24. The molecule has 0 bridgehead atoms. The van der Waals surface area contributed by atoms with E-state index in [2.05, 4.69) is 5.32 Å². The number of nitrogens with one attached hydrogen (secondary N) is 1. The number of ether oxygens (including phenoxy) is 1. The van der Waals surface area contributed by atoms with Crippen LogP contribution in [0.1, 0.15) is 46.6 Å². The number of amides is 1. The Balaban J connectivity index is 3.11. The topological polar surface area (TPSA) is 75.6 Å². The first-order chi connectivity index (χ1) is 9.90. The molecular weight excluding hydrogens is 306 g/mol. The fourth-order valence-electron chi connectivity index (χ4n) is 2.07. The van der Waals surface area contributed by atoms with E-state index in [1.165, 1.54) is 0 Å². The number of halogens is 1. The van der Waals surface area contributed by atoms with E-state index in [-0.39, 0.29) is 6.42 Å². The first kappa shape index (κ1) is 18.3. The van der Waals surface area contributed by atoms with E-state index in [1.54, 1.807) is 52.8 Å². The molecule has 5 nitrogen and oxygen atoms in total. The lowest BCUT2D eigenvalue weighted by Crippen LogP contribution is -2.29.